The van der Waals surface area contributed by atoms with Crippen LogP contribution in [0.1, 0.15) is 39.7 Å². The highest BCUT2D eigenvalue weighted by Gasteiger charge is 2.37. The van der Waals surface area contributed by atoms with E-state index in [0.29, 0.717) is 36.5 Å². The Balaban J connectivity index is 1.68. The summed E-state index contributed by atoms with van der Waals surface area (Å²) >= 11 is 0. The molecule has 1 fully saturated rings. The Bertz CT molecular complexity index is 946. The zero-order chi connectivity index (χ0) is 17.7. The van der Waals surface area contributed by atoms with Crippen LogP contribution in [-0.4, -0.2) is 28.5 Å². The van der Waals surface area contributed by atoms with Crippen molar-refractivity contribution in [3.8, 4) is 0 Å². The third-order valence-electron chi connectivity index (χ3n) is 5.32. The highest BCUT2D eigenvalue weighted by Crippen LogP contribution is 2.35. The first-order valence-electron chi connectivity index (χ1n) is 8.54. The van der Waals surface area contributed by atoms with E-state index in [1.807, 2.05) is 15.5 Å². The van der Waals surface area contributed by atoms with Crippen molar-refractivity contribution in [2.75, 3.05) is 13.1 Å². The van der Waals surface area contributed by atoms with Crippen molar-refractivity contribution in [2.24, 2.45) is 5.92 Å². The van der Waals surface area contributed by atoms with Crippen molar-refractivity contribution in [1.82, 2.24) is 9.47 Å². The van der Waals surface area contributed by atoms with Crippen LogP contribution in [0.3, 0.4) is 0 Å². The molecule has 1 saturated heterocycles. The van der Waals surface area contributed by atoms with Crippen LogP contribution in [0.15, 0.2) is 38.3 Å². The van der Waals surface area contributed by atoms with Gasteiger partial charge in [0.1, 0.15) is 5.76 Å². The van der Waals surface area contributed by atoms with Crippen LogP contribution < -0.4 is 11.2 Å². The summed E-state index contributed by atoms with van der Waals surface area (Å²) in [6, 6.07) is 6.72. The number of carbonyl (C=O) groups excluding carboxylic acids is 1. The average molecular weight is 340 g/mol. The molecule has 2 aliphatic heterocycles. The first-order chi connectivity index (χ1) is 11.9. The predicted molar refractivity (Wildman–Crippen MR) is 91.9 cm³/mol. The van der Waals surface area contributed by atoms with E-state index >= 15 is 0 Å². The van der Waals surface area contributed by atoms with Gasteiger partial charge in [-0.05, 0) is 37.8 Å². The number of nitrogens with zero attached hydrogens (tertiary/aromatic N) is 2. The molecule has 6 nitrogen and oxygen atoms in total. The molecular formula is C19H20N2O4. The number of amides is 1. The molecule has 1 amide bonds. The fourth-order valence-electron chi connectivity index (χ4n) is 4.30. The molecule has 0 spiro atoms. The maximum absolute atomic E-state index is 13.1. The summed E-state index contributed by atoms with van der Waals surface area (Å²) in [5, 5.41) is 0. The fourth-order valence-corrected chi connectivity index (χ4v) is 4.30. The normalized spacial score (nSPS) is 21.8. The summed E-state index contributed by atoms with van der Waals surface area (Å²) in [5.41, 5.74) is 1.73. The molecule has 0 N–H and O–H groups in total. The van der Waals surface area contributed by atoms with Crippen molar-refractivity contribution < 1.29 is 9.21 Å². The average Bonchev–Trinajstić information content (AvgIpc) is 2.54. The molecule has 2 aliphatic rings. The molecule has 130 valence electrons. The lowest BCUT2D eigenvalue weighted by Crippen LogP contribution is -2.49. The van der Waals surface area contributed by atoms with Gasteiger partial charge in [-0.3, -0.25) is 9.59 Å². The van der Waals surface area contributed by atoms with Gasteiger partial charge in [0.2, 0.25) is 0 Å². The summed E-state index contributed by atoms with van der Waals surface area (Å²) in [6.45, 7) is 5.26. The standard InChI is InChI=1S/C19H20N2O4/c1-11-6-17(23)25-12(2)18(11)19(24)20-8-13-7-14(10-20)15-4-3-5-16(22)21(15)9-13/h3-6,13-14H,7-10H2,1-2H3. The van der Waals surface area contributed by atoms with Crippen LogP contribution in [0.4, 0.5) is 0 Å². The SMILES string of the molecule is Cc1cc(=O)oc(C)c1C(=O)N1CC2CC(C1)c1cccc(=O)n1C2. The number of hydrogen-bond donors (Lipinski definition) is 0. The zero-order valence-corrected chi connectivity index (χ0v) is 14.3. The molecule has 0 aliphatic carbocycles. The molecule has 2 bridgehead atoms. The molecule has 2 aromatic heterocycles. The third-order valence-corrected chi connectivity index (χ3v) is 5.32. The number of aryl methyl sites for hydroxylation is 2. The van der Waals surface area contributed by atoms with Crippen molar-refractivity contribution >= 4 is 5.91 Å². The van der Waals surface area contributed by atoms with Gasteiger partial charge in [-0.25, -0.2) is 4.79 Å². The molecular weight excluding hydrogens is 320 g/mol. The molecule has 0 aromatic carbocycles. The van der Waals surface area contributed by atoms with Crippen molar-refractivity contribution in [3.63, 3.8) is 0 Å². The minimum Gasteiger partial charge on any atom is -0.427 e. The maximum atomic E-state index is 13.1. The number of aromatic nitrogens is 1. The van der Waals surface area contributed by atoms with Gasteiger partial charge in [0, 0.05) is 43.4 Å². The monoisotopic (exact) mass is 340 g/mol. The summed E-state index contributed by atoms with van der Waals surface area (Å²) in [6.07, 6.45) is 0.995. The van der Waals surface area contributed by atoms with Gasteiger partial charge in [-0.15, -0.1) is 0 Å². The Morgan fingerprint density at radius 3 is 2.72 bits per heavy atom. The second kappa shape index (κ2) is 5.72. The Morgan fingerprint density at radius 1 is 1.16 bits per heavy atom. The molecule has 2 aromatic rings. The van der Waals surface area contributed by atoms with E-state index < -0.39 is 5.63 Å². The Kier molecular flexibility index (Phi) is 3.63. The minimum atomic E-state index is -0.435. The smallest absolute Gasteiger partial charge is 0.336 e. The van der Waals surface area contributed by atoms with Crippen LogP contribution in [0.5, 0.6) is 0 Å². The molecule has 0 radical (unpaired) electrons. The largest absolute Gasteiger partial charge is 0.427 e. The Labute approximate surface area is 144 Å². The van der Waals surface area contributed by atoms with Gasteiger partial charge >= 0.3 is 5.63 Å². The van der Waals surface area contributed by atoms with E-state index in [-0.39, 0.29) is 23.3 Å². The number of rotatable bonds is 1. The quantitative estimate of drug-likeness (QED) is 0.792. The molecule has 4 heterocycles. The van der Waals surface area contributed by atoms with E-state index in [1.54, 1.807) is 26.0 Å². The molecule has 4 rings (SSSR count). The van der Waals surface area contributed by atoms with Crippen LogP contribution in [0.25, 0.3) is 0 Å². The Morgan fingerprint density at radius 2 is 1.96 bits per heavy atom. The van der Waals surface area contributed by atoms with Gasteiger partial charge in [-0.2, -0.15) is 0 Å². The van der Waals surface area contributed by atoms with Gasteiger partial charge in [-0.1, -0.05) is 6.07 Å². The first-order valence-corrected chi connectivity index (χ1v) is 8.54. The van der Waals surface area contributed by atoms with Gasteiger partial charge < -0.3 is 13.9 Å². The van der Waals surface area contributed by atoms with E-state index in [1.165, 1.54) is 6.07 Å². The molecule has 2 atom stereocenters. The van der Waals surface area contributed by atoms with Gasteiger partial charge in [0.05, 0.1) is 5.56 Å². The van der Waals surface area contributed by atoms with Crippen LogP contribution in [-0.2, 0) is 6.54 Å². The lowest BCUT2D eigenvalue weighted by atomic mass is 9.83. The number of carbonyl (C=O) groups is 1. The second-order valence-corrected chi connectivity index (χ2v) is 7.09. The van der Waals surface area contributed by atoms with E-state index in [9.17, 15) is 14.4 Å². The van der Waals surface area contributed by atoms with Crippen LogP contribution in [0.2, 0.25) is 0 Å². The lowest BCUT2D eigenvalue weighted by Gasteiger charge is -2.42. The highest BCUT2D eigenvalue weighted by molar-refractivity contribution is 5.96. The number of likely N-dealkylation sites (tertiary alicyclic amines) is 1. The van der Waals surface area contributed by atoms with Crippen LogP contribution >= 0.6 is 0 Å². The number of fused-ring (bicyclic) bond motifs is 4. The second-order valence-electron chi connectivity index (χ2n) is 7.09. The molecule has 6 heteroatoms. The first kappa shape index (κ1) is 15.9. The lowest BCUT2D eigenvalue weighted by molar-refractivity contribution is 0.0590. The summed E-state index contributed by atoms with van der Waals surface area (Å²) in [7, 11) is 0. The van der Waals surface area contributed by atoms with Crippen molar-refractivity contribution in [2.45, 2.75) is 32.7 Å². The van der Waals surface area contributed by atoms with E-state index in [4.69, 9.17) is 4.42 Å². The molecule has 25 heavy (non-hydrogen) atoms. The highest BCUT2D eigenvalue weighted by atomic mass is 16.4. The van der Waals surface area contributed by atoms with Crippen molar-refractivity contribution in [3.05, 3.63) is 67.6 Å². The molecule has 0 saturated carbocycles. The summed E-state index contributed by atoms with van der Waals surface area (Å²) in [5.74, 6) is 0.704. The number of piperidine rings is 1. The van der Waals surface area contributed by atoms with Gasteiger partial charge in [0.25, 0.3) is 11.5 Å². The summed E-state index contributed by atoms with van der Waals surface area (Å²) < 4.78 is 6.96. The van der Waals surface area contributed by atoms with E-state index in [0.717, 1.165) is 12.1 Å². The van der Waals surface area contributed by atoms with Crippen molar-refractivity contribution in [1.29, 1.82) is 0 Å². The summed E-state index contributed by atoms with van der Waals surface area (Å²) in [4.78, 5) is 38.5. The minimum absolute atomic E-state index is 0.0310. The topological polar surface area (TPSA) is 72.5 Å². The maximum Gasteiger partial charge on any atom is 0.336 e. The number of pyridine rings is 1. The zero-order valence-electron chi connectivity index (χ0n) is 14.3. The number of hydrogen-bond acceptors (Lipinski definition) is 4. The predicted octanol–water partition coefficient (Wildman–Crippen LogP) is 1.68. The Hall–Kier alpha value is -2.63. The third kappa shape index (κ3) is 2.62. The molecule has 2 unspecified atom stereocenters. The van der Waals surface area contributed by atoms with Gasteiger partial charge in [0.15, 0.2) is 0 Å². The fraction of sp³-hybridized carbons (Fsp3) is 0.421. The van der Waals surface area contributed by atoms with E-state index in [2.05, 4.69) is 0 Å². The van der Waals surface area contributed by atoms with Crippen LogP contribution in [0, 0.1) is 19.8 Å².